The zero-order valence-corrected chi connectivity index (χ0v) is 17.0. The Balaban J connectivity index is 1.30. The minimum atomic E-state index is -0.108. The summed E-state index contributed by atoms with van der Waals surface area (Å²) in [4.78, 5) is 30.1. The third-order valence-electron chi connectivity index (χ3n) is 5.31. The van der Waals surface area contributed by atoms with Gasteiger partial charge in [0.05, 0.1) is 6.42 Å². The number of para-hydroxylation sites is 1. The van der Waals surface area contributed by atoms with Crippen LogP contribution in [-0.4, -0.2) is 40.9 Å². The van der Waals surface area contributed by atoms with E-state index < -0.39 is 0 Å². The lowest BCUT2D eigenvalue weighted by Crippen LogP contribution is -2.42. The number of anilines is 1. The lowest BCUT2D eigenvalue weighted by molar-refractivity contribution is -0.132. The number of hydrogen-bond donors (Lipinski definition) is 1. The summed E-state index contributed by atoms with van der Waals surface area (Å²) in [5, 5.41) is 3.79. The maximum absolute atomic E-state index is 12.7. The number of carbonyl (C=O) groups excluding carboxylic acids is 2. The summed E-state index contributed by atoms with van der Waals surface area (Å²) in [6, 6.07) is 17.3. The topological polar surface area (TPSA) is 71.5 Å². The third kappa shape index (κ3) is 4.76. The highest BCUT2D eigenvalue weighted by Gasteiger charge is 2.24. The molecule has 0 aliphatic carbocycles. The van der Waals surface area contributed by atoms with Crippen LogP contribution in [0.5, 0.6) is 5.75 Å². The second-order valence-electron chi connectivity index (χ2n) is 7.58. The number of carbonyl (C=O) groups is 2. The lowest BCUT2D eigenvalue weighted by Gasteiger charge is -2.32. The molecule has 0 saturated carbocycles. The molecule has 2 heterocycles. The minimum absolute atomic E-state index is 0.0820. The zero-order valence-electron chi connectivity index (χ0n) is 17.0. The van der Waals surface area contributed by atoms with Crippen molar-refractivity contribution in [3.05, 3.63) is 66.4 Å². The highest BCUT2D eigenvalue weighted by molar-refractivity contribution is 5.88. The van der Waals surface area contributed by atoms with Crippen LogP contribution in [0.1, 0.15) is 25.3 Å². The molecule has 6 nitrogen and oxygen atoms in total. The molecule has 3 aromatic rings. The molecular weight excluding hydrogens is 378 g/mol. The largest absolute Gasteiger partial charge is 0.488 e. The first-order valence-electron chi connectivity index (χ1n) is 10.2. The fourth-order valence-corrected chi connectivity index (χ4v) is 3.77. The summed E-state index contributed by atoms with van der Waals surface area (Å²) in [5.41, 5.74) is 2.55. The Morgan fingerprint density at radius 1 is 1.07 bits per heavy atom. The number of amides is 2. The standard InChI is InChI=1S/C24H25N3O3/c1-17(28)26-20-9-7-18(8-10-20)16-23(29)27-14-11-21(12-15-27)30-22-6-2-4-19-5-3-13-25-24(19)22/h2-10,13,21H,11-12,14-16H2,1H3,(H,26,28). The second-order valence-corrected chi connectivity index (χ2v) is 7.58. The monoisotopic (exact) mass is 403 g/mol. The summed E-state index contributed by atoms with van der Waals surface area (Å²) < 4.78 is 6.22. The molecule has 1 fully saturated rings. The van der Waals surface area contributed by atoms with Crippen molar-refractivity contribution in [3.8, 4) is 5.75 Å². The average molecular weight is 403 g/mol. The van der Waals surface area contributed by atoms with Crippen molar-refractivity contribution in [1.82, 2.24) is 9.88 Å². The number of rotatable bonds is 5. The molecule has 0 atom stereocenters. The van der Waals surface area contributed by atoms with Crippen LogP contribution in [0.25, 0.3) is 10.9 Å². The summed E-state index contributed by atoms with van der Waals surface area (Å²) in [5.74, 6) is 0.813. The van der Waals surface area contributed by atoms with Gasteiger partial charge in [0.25, 0.3) is 0 Å². The predicted octanol–water partition coefficient (Wildman–Crippen LogP) is 3.81. The fourth-order valence-electron chi connectivity index (χ4n) is 3.77. The number of nitrogens with one attached hydrogen (secondary N) is 1. The number of ether oxygens (including phenoxy) is 1. The Morgan fingerprint density at radius 2 is 1.80 bits per heavy atom. The van der Waals surface area contributed by atoms with Gasteiger partial charge in [-0.15, -0.1) is 0 Å². The molecule has 1 aliphatic heterocycles. The van der Waals surface area contributed by atoms with E-state index in [4.69, 9.17) is 4.74 Å². The van der Waals surface area contributed by atoms with Crippen molar-refractivity contribution in [1.29, 1.82) is 0 Å². The number of fused-ring (bicyclic) bond motifs is 1. The number of nitrogens with zero attached hydrogens (tertiary/aromatic N) is 2. The van der Waals surface area contributed by atoms with Crippen LogP contribution in [-0.2, 0) is 16.0 Å². The van der Waals surface area contributed by atoms with Gasteiger partial charge >= 0.3 is 0 Å². The van der Waals surface area contributed by atoms with Gasteiger partial charge < -0.3 is 15.0 Å². The van der Waals surface area contributed by atoms with E-state index in [2.05, 4.69) is 10.3 Å². The Kier molecular flexibility index (Phi) is 5.93. The molecule has 4 rings (SSSR count). The molecule has 0 unspecified atom stereocenters. The Bertz CT molecular complexity index is 1040. The van der Waals surface area contributed by atoms with Gasteiger partial charge in [-0.2, -0.15) is 0 Å². The van der Waals surface area contributed by atoms with Gasteiger partial charge in [0, 0.05) is 50.1 Å². The van der Waals surface area contributed by atoms with E-state index in [0.717, 1.165) is 40.7 Å². The smallest absolute Gasteiger partial charge is 0.226 e. The Morgan fingerprint density at radius 3 is 2.53 bits per heavy atom. The number of likely N-dealkylation sites (tertiary alicyclic amines) is 1. The molecule has 1 N–H and O–H groups in total. The first kappa shape index (κ1) is 19.9. The minimum Gasteiger partial charge on any atom is -0.488 e. The highest BCUT2D eigenvalue weighted by atomic mass is 16.5. The molecule has 0 spiro atoms. The molecule has 0 radical (unpaired) electrons. The van der Waals surface area contributed by atoms with Gasteiger partial charge in [0.15, 0.2) is 0 Å². The van der Waals surface area contributed by atoms with E-state index in [1.165, 1.54) is 6.92 Å². The maximum Gasteiger partial charge on any atom is 0.226 e. The number of pyridine rings is 1. The number of piperidine rings is 1. The van der Waals surface area contributed by atoms with E-state index in [1.807, 2.05) is 59.5 Å². The molecule has 1 aromatic heterocycles. The maximum atomic E-state index is 12.7. The summed E-state index contributed by atoms with van der Waals surface area (Å²) in [6.07, 6.45) is 3.82. The molecule has 2 amide bonds. The fraction of sp³-hybridized carbons (Fsp3) is 0.292. The summed E-state index contributed by atoms with van der Waals surface area (Å²) in [7, 11) is 0. The third-order valence-corrected chi connectivity index (χ3v) is 5.31. The number of hydrogen-bond acceptors (Lipinski definition) is 4. The van der Waals surface area contributed by atoms with Crippen molar-refractivity contribution in [3.63, 3.8) is 0 Å². The molecule has 6 heteroatoms. The van der Waals surface area contributed by atoms with Crippen molar-refractivity contribution in [2.45, 2.75) is 32.3 Å². The highest BCUT2D eigenvalue weighted by Crippen LogP contribution is 2.26. The van der Waals surface area contributed by atoms with Gasteiger partial charge in [-0.1, -0.05) is 30.3 Å². The first-order valence-corrected chi connectivity index (χ1v) is 10.2. The van der Waals surface area contributed by atoms with E-state index in [1.54, 1.807) is 6.20 Å². The molecular formula is C24H25N3O3. The normalized spacial score (nSPS) is 14.5. The first-order chi connectivity index (χ1) is 14.6. The van der Waals surface area contributed by atoms with Crippen LogP contribution in [0, 0.1) is 0 Å². The molecule has 1 saturated heterocycles. The van der Waals surface area contributed by atoms with E-state index in [-0.39, 0.29) is 17.9 Å². The molecule has 0 bridgehead atoms. The van der Waals surface area contributed by atoms with Gasteiger partial charge in [0.2, 0.25) is 11.8 Å². The SMILES string of the molecule is CC(=O)Nc1ccc(CC(=O)N2CCC(Oc3cccc4cccnc34)CC2)cc1. The summed E-state index contributed by atoms with van der Waals surface area (Å²) in [6.45, 7) is 2.85. The van der Waals surface area contributed by atoms with Crippen LogP contribution in [0.4, 0.5) is 5.69 Å². The van der Waals surface area contributed by atoms with E-state index in [9.17, 15) is 9.59 Å². The van der Waals surface area contributed by atoms with Crippen LogP contribution >= 0.6 is 0 Å². The lowest BCUT2D eigenvalue weighted by atomic mass is 10.1. The average Bonchev–Trinajstić information content (AvgIpc) is 2.75. The van der Waals surface area contributed by atoms with Gasteiger partial charge in [-0.3, -0.25) is 14.6 Å². The van der Waals surface area contributed by atoms with Crippen LogP contribution in [0.3, 0.4) is 0 Å². The van der Waals surface area contributed by atoms with E-state index >= 15 is 0 Å². The van der Waals surface area contributed by atoms with Crippen LogP contribution in [0.15, 0.2) is 60.8 Å². The van der Waals surface area contributed by atoms with Crippen molar-refractivity contribution < 1.29 is 14.3 Å². The van der Waals surface area contributed by atoms with E-state index in [0.29, 0.717) is 19.5 Å². The Hall–Kier alpha value is -3.41. The van der Waals surface area contributed by atoms with Crippen molar-refractivity contribution in [2.24, 2.45) is 0 Å². The molecule has 1 aliphatic rings. The Labute approximate surface area is 175 Å². The summed E-state index contributed by atoms with van der Waals surface area (Å²) >= 11 is 0. The number of benzene rings is 2. The van der Waals surface area contributed by atoms with Gasteiger partial charge in [0.1, 0.15) is 17.4 Å². The predicted molar refractivity (Wildman–Crippen MR) is 116 cm³/mol. The van der Waals surface area contributed by atoms with Crippen molar-refractivity contribution >= 4 is 28.4 Å². The molecule has 154 valence electrons. The van der Waals surface area contributed by atoms with Crippen LogP contribution in [0.2, 0.25) is 0 Å². The van der Waals surface area contributed by atoms with Crippen molar-refractivity contribution in [2.75, 3.05) is 18.4 Å². The van der Waals surface area contributed by atoms with Gasteiger partial charge in [-0.05, 0) is 29.8 Å². The molecule has 30 heavy (non-hydrogen) atoms. The number of aromatic nitrogens is 1. The quantitative estimate of drug-likeness (QED) is 0.703. The van der Waals surface area contributed by atoms with Gasteiger partial charge in [-0.25, -0.2) is 0 Å². The zero-order chi connectivity index (χ0) is 20.9. The molecule has 2 aromatic carbocycles. The van der Waals surface area contributed by atoms with Crippen LogP contribution < -0.4 is 10.1 Å². The second kappa shape index (κ2) is 8.95.